The van der Waals surface area contributed by atoms with Crippen molar-refractivity contribution in [1.82, 2.24) is 0 Å². The van der Waals surface area contributed by atoms with E-state index >= 15 is 0 Å². The third kappa shape index (κ3) is 2.11. The molecular formula is C24H10N2S2. The summed E-state index contributed by atoms with van der Waals surface area (Å²) in [5.41, 5.74) is 1.39. The Bertz CT molecular complexity index is 1560. The number of rotatable bonds is 0. The summed E-state index contributed by atoms with van der Waals surface area (Å²) >= 11 is 3.63. The predicted octanol–water partition coefficient (Wildman–Crippen LogP) is 7.32. The van der Waals surface area contributed by atoms with Gasteiger partial charge < -0.3 is 0 Å². The normalized spacial score (nSPS) is 11.5. The van der Waals surface area contributed by atoms with Crippen LogP contribution in [0.3, 0.4) is 0 Å². The van der Waals surface area contributed by atoms with Gasteiger partial charge in [-0.25, -0.2) is 0 Å². The molecule has 0 bridgehead atoms. The van der Waals surface area contributed by atoms with Crippen molar-refractivity contribution < 1.29 is 0 Å². The van der Waals surface area contributed by atoms with Gasteiger partial charge in [0.25, 0.3) is 0 Å². The van der Waals surface area contributed by atoms with Crippen LogP contribution in [0, 0.1) is 22.7 Å². The molecule has 2 heterocycles. The lowest BCUT2D eigenvalue weighted by molar-refractivity contribution is 1.50. The van der Waals surface area contributed by atoms with Crippen molar-refractivity contribution in [2.45, 2.75) is 0 Å². The third-order valence-corrected chi connectivity index (χ3v) is 7.76. The first-order valence-electron chi connectivity index (χ1n) is 8.80. The monoisotopic (exact) mass is 390 g/mol. The summed E-state index contributed by atoms with van der Waals surface area (Å²) in [6, 6.07) is 25.1. The van der Waals surface area contributed by atoms with E-state index in [9.17, 15) is 0 Å². The maximum atomic E-state index is 9.17. The zero-order valence-corrected chi connectivity index (χ0v) is 16.1. The number of nitriles is 2. The van der Waals surface area contributed by atoms with Gasteiger partial charge in [0.05, 0.1) is 32.7 Å². The lowest BCUT2D eigenvalue weighted by atomic mass is 10.0. The van der Waals surface area contributed by atoms with Crippen LogP contribution in [0.1, 0.15) is 11.1 Å². The Morgan fingerprint density at radius 2 is 1.00 bits per heavy atom. The van der Waals surface area contributed by atoms with Gasteiger partial charge in [0.2, 0.25) is 0 Å². The Hall–Kier alpha value is -3.44. The molecule has 4 heteroatoms. The summed E-state index contributed by atoms with van der Waals surface area (Å²) in [5.74, 6) is 0. The molecule has 2 aromatic heterocycles. The van der Waals surface area contributed by atoms with Gasteiger partial charge in [-0.3, -0.25) is 0 Å². The zero-order chi connectivity index (χ0) is 18.8. The average Bonchev–Trinajstić information content (AvgIpc) is 3.25. The standard InChI is InChI=1S/C24H10N2S2/c25-11-13-1-3-15-7-19-21(9-17(15)5-13)27-24-20-8-16-4-2-14(12-26)6-18(16)10-22(20)28-23(19)24/h1-10H. The Labute approximate surface area is 168 Å². The first-order valence-corrected chi connectivity index (χ1v) is 10.4. The van der Waals surface area contributed by atoms with Gasteiger partial charge in [-0.1, -0.05) is 12.1 Å². The molecule has 0 spiro atoms. The van der Waals surface area contributed by atoms with Crippen LogP contribution in [0.2, 0.25) is 0 Å². The smallest absolute Gasteiger partial charge is 0.0991 e. The summed E-state index contributed by atoms with van der Waals surface area (Å²) in [6.07, 6.45) is 0. The van der Waals surface area contributed by atoms with Crippen LogP contribution in [0.5, 0.6) is 0 Å². The van der Waals surface area contributed by atoms with Crippen LogP contribution < -0.4 is 0 Å². The number of benzene rings is 4. The second-order valence-electron chi connectivity index (χ2n) is 6.91. The molecular weight excluding hydrogens is 380 g/mol. The van der Waals surface area contributed by atoms with E-state index in [0.717, 1.165) is 21.5 Å². The van der Waals surface area contributed by atoms with Crippen LogP contribution in [0.4, 0.5) is 0 Å². The highest BCUT2D eigenvalue weighted by Crippen LogP contribution is 2.46. The zero-order valence-electron chi connectivity index (χ0n) is 14.5. The molecule has 0 aliphatic carbocycles. The molecule has 28 heavy (non-hydrogen) atoms. The van der Waals surface area contributed by atoms with Crippen molar-refractivity contribution in [2.75, 3.05) is 0 Å². The summed E-state index contributed by atoms with van der Waals surface area (Å²) in [4.78, 5) is 0. The molecule has 0 fully saturated rings. The molecule has 128 valence electrons. The molecule has 6 rings (SSSR count). The van der Waals surface area contributed by atoms with Crippen molar-refractivity contribution >= 4 is 73.8 Å². The van der Waals surface area contributed by atoms with Crippen molar-refractivity contribution in [3.8, 4) is 12.1 Å². The van der Waals surface area contributed by atoms with Gasteiger partial charge >= 0.3 is 0 Å². The van der Waals surface area contributed by atoms with E-state index in [4.69, 9.17) is 10.5 Å². The van der Waals surface area contributed by atoms with Gasteiger partial charge in [0.15, 0.2) is 0 Å². The first-order chi connectivity index (χ1) is 13.7. The Morgan fingerprint density at radius 1 is 0.536 bits per heavy atom. The van der Waals surface area contributed by atoms with E-state index in [2.05, 4.69) is 36.4 Å². The van der Waals surface area contributed by atoms with E-state index in [-0.39, 0.29) is 0 Å². The van der Waals surface area contributed by atoms with E-state index < -0.39 is 0 Å². The Balaban J connectivity index is 1.70. The quantitative estimate of drug-likeness (QED) is 0.273. The van der Waals surface area contributed by atoms with Crippen LogP contribution >= 0.6 is 22.7 Å². The Morgan fingerprint density at radius 3 is 1.43 bits per heavy atom. The molecule has 0 unspecified atom stereocenters. The van der Waals surface area contributed by atoms with Crippen LogP contribution in [-0.4, -0.2) is 0 Å². The van der Waals surface area contributed by atoms with Gasteiger partial charge in [-0.15, -0.1) is 22.7 Å². The Kier molecular flexibility index (Phi) is 3.08. The maximum Gasteiger partial charge on any atom is 0.0991 e. The fourth-order valence-corrected chi connectivity index (χ4v) is 6.58. The first kappa shape index (κ1) is 15.6. The number of nitrogens with zero attached hydrogens (tertiary/aromatic N) is 2. The molecule has 0 N–H and O–H groups in total. The van der Waals surface area contributed by atoms with E-state index in [1.807, 2.05) is 59.1 Å². The van der Waals surface area contributed by atoms with Crippen LogP contribution in [0.15, 0.2) is 60.7 Å². The van der Waals surface area contributed by atoms with Crippen molar-refractivity contribution in [3.63, 3.8) is 0 Å². The van der Waals surface area contributed by atoms with E-state index in [1.54, 1.807) is 0 Å². The summed E-state index contributed by atoms with van der Waals surface area (Å²) in [7, 11) is 0. The second kappa shape index (κ2) is 5.53. The predicted molar refractivity (Wildman–Crippen MR) is 119 cm³/mol. The molecule has 4 aromatic carbocycles. The van der Waals surface area contributed by atoms with E-state index in [0.29, 0.717) is 11.1 Å². The summed E-state index contributed by atoms with van der Waals surface area (Å²) in [5, 5.41) is 25.4. The molecule has 0 aliphatic heterocycles. The lowest BCUT2D eigenvalue weighted by Gasteiger charge is -2.00. The van der Waals surface area contributed by atoms with Crippen molar-refractivity contribution in [2.24, 2.45) is 0 Å². The minimum atomic E-state index is 0.693. The molecule has 0 saturated heterocycles. The third-order valence-electron chi connectivity index (χ3n) is 5.26. The summed E-state index contributed by atoms with van der Waals surface area (Å²) in [6.45, 7) is 0. The van der Waals surface area contributed by atoms with Crippen molar-refractivity contribution in [1.29, 1.82) is 10.5 Å². The highest BCUT2D eigenvalue weighted by Gasteiger charge is 2.14. The molecule has 0 radical (unpaired) electrons. The second-order valence-corrected chi connectivity index (χ2v) is 9.01. The largest absolute Gasteiger partial charge is 0.192 e. The van der Waals surface area contributed by atoms with Gasteiger partial charge in [-0.2, -0.15) is 10.5 Å². The molecule has 6 aromatic rings. The number of hydrogen-bond acceptors (Lipinski definition) is 4. The highest BCUT2D eigenvalue weighted by molar-refractivity contribution is 7.36. The van der Waals surface area contributed by atoms with Gasteiger partial charge in [0, 0.05) is 20.2 Å². The van der Waals surface area contributed by atoms with Gasteiger partial charge in [0.1, 0.15) is 0 Å². The maximum absolute atomic E-state index is 9.17. The summed E-state index contributed by atoms with van der Waals surface area (Å²) < 4.78 is 5.14. The highest BCUT2D eigenvalue weighted by atomic mass is 32.1. The molecule has 0 atom stereocenters. The SMILES string of the molecule is N#Cc1ccc2cc3c(cc2c1)sc1c2cc4ccc(C#N)cc4cc2sc31. The number of thiophene rings is 2. The molecule has 2 nitrogen and oxygen atoms in total. The topological polar surface area (TPSA) is 47.6 Å². The molecule has 0 amide bonds. The average molecular weight is 390 g/mol. The van der Waals surface area contributed by atoms with Crippen LogP contribution in [-0.2, 0) is 0 Å². The fraction of sp³-hybridized carbons (Fsp3) is 0. The fourth-order valence-electron chi connectivity index (χ4n) is 3.88. The minimum Gasteiger partial charge on any atom is -0.192 e. The van der Waals surface area contributed by atoms with Crippen molar-refractivity contribution in [3.05, 3.63) is 71.8 Å². The van der Waals surface area contributed by atoms with Crippen LogP contribution in [0.25, 0.3) is 51.1 Å². The minimum absolute atomic E-state index is 0.693. The van der Waals surface area contributed by atoms with E-state index in [1.165, 1.54) is 29.6 Å². The van der Waals surface area contributed by atoms with Gasteiger partial charge in [-0.05, 0) is 70.1 Å². The lowest BCUT2D eigenvalue weighted by Crippen LogP contribution is -1.76. The number of fused-ring (bicyclic) bond motifs is 7. The molecule has 0 saturated carbocycles. The number of hydrogen-bond donors (Lipinski definition) is 0. The molecule has 0 aliphatic rings.